The summed E-state index contributed by atoms with van der Waals surface area (Å²) in [5.41, 5.74) is 1.82. The lowest BCUT2D eigenvalue weighted by Crippen LogP contribution is -2.27. The molecule has 3 aromatic rings. The van der Waals surface area contributed by atoms with Crippen LogP contribution in [0.5, 0.6) is 11.5 Å². The van der Waals surface area contributed by atoms with Crippen LogP contribution in [0.4, 0.5) is 10.5 Å². The quantitative estimate of drug-likeness (QED) is 0.145. The summed E-state index contributed by atoms with van der Waals surface area (Å²) >= 11 is 10.6. The number of nitro groups is 1. The number of halogens is 2. The van der Waals surface area contributed by atoms with Gasteiger partial charge in [0.15, 0.2) is 11.5 Å². The maximum Gasteiger partial charge on any atom is 0.293 e. The molecule has 0 aromatic heterocycles. The highest BCUT2D eigenvalue weighted by molar-refractivity contribution is 9.10. The summed E-state index contributed by atoms with van der Waals surface area (Å²) in [6, 6.07) is 16.7. The minimum absolute atomic E-state index is 0.0631. The van der Waals surface area contributed by atoms with Gasteiger partial charge in [0.05, 0.1) is 27.5 Å². The Morgan fingerprint density at radius 2 is 1.89 bits per heavy atom. The molecule has 0 aliphatic carbocycles. The molecule has 0 spiro atoms. The lowest BCUT2D eigenvalue weighted by atomic mass is 10.1. The summed E-state index contributed by atoms with van der Waals surface area (Å²) in [4.78, 5) is 37.4. The van der Waals surface area contributed by atoms with Crippen molar-refractivity contribution in [2.75, 3.05) is 6.61 Å². The molecular weight excluding hydrogens is 584 g/mol. The predicted octanol–water partition coefficient (Wildman–Crippen LogP) is 7.22. The van der Waals surface area contributed by atoms with Crippen LogP contribution in [-0.4, -0.2) is 27.6 Å². The summed E-state index contributed by atoms with van der Waals surface area (Å²) in [6.07, 6.45) is 1.60. The topological polar surface area (TPSA) is 99.0 Å². The van der Waals surface area contributed by atoms with E-state index in [9.17, 15) is 19.7 Å². The number of thioether (sulfide) groups is 1. The molecule has 11 heteroatoms. The van der Waals surface area contributed by atoms with E-state index in [2.05, 4.69) is 15.9 Å². The highest BCUT2D eigenvalue weighted by Crippen LogP contribution is 2.40. The molecule has 0 unspecified atom stereocenters. The van der Waals surface area contributed by atoms with Crippen LogP contribution >= 0.6 is 39.3 Å². The molecule has 190 valence electrons. The second-order valence-electron chi connectivity index (χ2n) is 7.84. The van der Waals surface area contributed by atoms with Crippen molar-refractivity contribution in [1.82, 2.24) is 4.90 Å². The lowest BCUT2D eigenvalue weighted by Gasteiger charge is -2.15. The van der Waals surface area contributed by atoms with Crippen molar-refractivity contribution >= 4 is 62.2 Å². The van der Waals surface area contributed by atoms with Crippen LogP contribution in [0.15, 0.2) is 70.0 Å². The van der Waals surface area contributed by atoms with E-state index in [0.29, 0.717) is 38.7 Å². The Morgan fingerprint density at radius 1 is 1.11 bits per heavy atom. The van der Waals surface area contributed by atoms with Gasteiger partial charge in [0.25, 0.3) is 16.8 Å². The maximum absolute atomic E-state index is 13.0. The summed E-state index contributed by atoms with van der Waals surface area (Å²) in [5.74, 6) is 0.471. The monoisotopic (exact) mass is 602 g/mol. The van der Waals surface area contributed by atoms with E-state index in [1.54, 1.807) is 30.3 Å². The van der Waals surface area contributed by atoms with E-state index in [1.165, 1.54) is 18.2 Å². The van der Waals surface area contributed by atoms with Crippen molar-refractivity contribution in [2.24, 2.45) is 0 Å². The number of nitrogens with zero attached hydrogens (tertiary/aromatic N) is 2. The van der Waals surface area contributed by atoms with Crippen LogP contribution in [0.25, 0.3) is 6.08 Å². The largest absolute Gasteiger partial charge is 0.490 e. The van der Waals surface area contributed by atoms with Gasteiger partial charge in [0.1, 0.15) is 6.61 Å². The van der Waals surface area contributed by atoms with Crippen LogP contribution in [0, 0.1) is 10.1 Å². The van der Waals surface area contributed by atoms with Gasteiger partial charge < -0.3 is 9.47 Å². The molecule has 0 saturated carbocycles. The van der Waals surface area contributed by atoms with E-state index in [-0.39, 0.29) is 23.7 Å². The number of imide groups is 1. The first-order chi connectivity index (χ1) is 17.8. The van der Waals surface area contributed by atoms with E-state index in [1.807, 2.05) is 25.1 Å². The molecular formula is C26H20BrClN2O6S. The van der Waals surface area contributed by atoms with Crippen LogP contribution in [0.1, 0.15) is 23.6 Å². The second kappa shape index (κ2) is 11.8. The minimum Gasteiger partial charge on any atom is -0.490 e. The predicted molar refractivity (Wildman–Crippen MR) is 146 cm³/mol. The van der Waals surface area contributed by atoms with E-state index < -0.39 is 16.1 Å². The average Bonchev–Trinajstić information content (AvgIpc) is 3.12. The van der Waals surface area contributed by atoms with Gasteiger partial charge in [0.2, 0.25) is 0 Å². The highest BCUT2D eigenvalue weighted by atomic mass is 79.9. The summed E-state index contributed by atoms with van der Waals surface area (Å²) in [5, 5.41) is 11.2. The van der Waals surface area contributed by atoms with Crippen molar-refractivity contribution in [3.05, 3.63) is 102 Å². The van der Waals surface area contributed by atoms with Crippen molar-refractivity contribution < 1.29 is 24.0 Å². The molecule has 2 amide bonds. The SMILES string of the molecule is CCOc1cc(/C=C2/SC(=O)N(Cc3cccc([N+](=O)[O-])c3)C2=O)cc(Br)c1OCc1ccccc1Cl. The van der Waals surface area contributed by atoms with Gasteiger partial charge in [-0.1, -0.05) is 41.9 Å². The molecule has 1 aliphatic rings. The first-order valence-electron chi connectivity index (χ1n) is 11.1. The van der Waals surface area contributed by atoms with Gasteiger partial charge in [-0.25, -0.2) is 0 Å². The molecule has 1 heterocycles. The smallest absolute Gasteiger partial charge is 0.293 e. The third-order valence-electron chi connectivity index (χ3n) is 5.29. The van der Waals surface area contributed by atoms with Gasteiger partial charge in [0, 0.05) is 22.7 Å². The van der Waals surface area contributed by atoms with Crippen LogP contribution in [0.2, 0.25) is 5.02 Å². The molecule has 0 atom stereocenters. The Kier molecular flexibility index (Phi) is 8.52. The number of amides is 2. The van der Waals surface area contributed by atoms with Crippen molar-refractivity contribution in [3.63, 3.8) is 0 Å². The Labute approximate surface area is 230 Å². The summed E-state index contributed by atoms with van der Waals surface area (Å²) < 4.78 is 12.4. The fraction of sp³-hybridized carbons (Fsp3) is 0.154. The standard InChI is InChI=1S/C26H20BrClN2O6S/c1-2-35-22-12-17(11-20(27)24(22)36-15-18-7-3-4-9-21(18)28)13-23-25(31)29(26(32)37-23)14-16-6-5-8-19(10-16)30(33)34/h3-13H,2,14-15H2,1H3/b23-13+. The average molecular weight is 604 g/mol. The van der Waals surface area contributed by atoms with E-state index in [4.69, 9.17) is 21.1 Å². The van der Waals surface area contributed by atoms with Crippen molar-refractivity contribution in [2.45, 2.75) is 20.1 Å². The molecule has 0 radical (unpaired) electrons. The maximum atomic E-state index is 13.0. The fourth-order valence-electron chi connectivity index (χ4n) is 3.58. The van der Waals surface area contributed by atoms with Gasteiger partial charge in [-0.15, -0.1) is 0 Å². The van der Waals surface area contributed by atoms with Gasteiger partial charge in [-0.05, 0) is 70.0 Å². The molecule has 0 N–H and O–H groups in total. The normalized spacial score (nSPS) is 14.4. The van der Waals surface area contributed by atoms with Gasteiger partial charge >= 0.3 is 0 Å². The lowest BCUT2D eigenvalue weighted by molar-refractivity contribution is -0.384. The zero-order valence-corrected chi connectivity index (χ0v) is 22.6. The number of hydrogen-bond acceptors (Lipinski definition) is 7. The summed E-state index contributed by atoms with van der Waals surface area (Å²) in [7, 11) is 0. The highest BCUT2D eigenvalue weighted by Gasteiger charge is 2.35. The Hall–Kier alpha value is -3.34. The molecule has 0 bridgehead atoms. The molecule has 1 aliphatic heterocycles. The number of rotatable bonds is 9. The zero-order valence-electron chi connectivity index (χ0n) is 19.5. The van der Waals surface area contributed by atoms with Crippen LogP contribution < -0.4 is 9.47 Å². The number of nitro benzene ring substituents is 1. The first-order valence-corrected chi connectivity index (χ1v) is 13.1. The molecule has 1 fully saturated rings. The fourth-order valence-corrected chi connectivity index (χ4v) is 5.18. The first kappa shape index (κ1) is 26.7. The van der Waals surface area contributed by atoms with Gasteiger partial charge in [-0.3, -0.25) is 24.6 Å². The molecule has 1 saturated heterocycles. The number of ether oxygens (including phenoxy) is 2. The number of non-ortho nitro benzene ring substituents is 1. The van der Waals surface area contributed by atoms with E-state index >= 15 is 0 Å². The Bertz CT molecular complexity index is 1410. The van der Waals surface area contributed by atoms with Gasteiger partial charge in [-0.2, -0.15) is 0 Å². The minimum atomic E-state index is -0.521. The number of carbonyl (C=O) groups excluding carboxylic acids is 2. The molecule has 3 aromatic carbocycles. The second-order valence-corrected chi connectivity index (χ2v) is 10.1. The third kappa shape index (κ3) is 6.33. The third-order valence-corrected chi connectivity index (χ3v) is 7.16. The van der Waals surface area contributed by atoms with Crippen molar-refractivity contribution in [1.29, 1.82) is 0 Å². The van der Waals surface area contributed by atoms with Crippen LogP contribution in [-0.2, 0) is 17.9 Å². The number of carbonyl (C=O) groups is 2. The van der Waals surface area contributed by atoms with E-state index in [0.717, 1.165) is 22.2 Å². The molecule has 37 heavy (non-hydrogen) atoms. The molecule has 8 nitrogen and oxygen atoms in total. The van der Waals surface area contributed by atoms with Crippen LogP contribution in [0.3, 0.4) is 0 Å². The Balaban J connectivity index is 1.56. The zero-order chi connectivity index (χ0) is 26.5. The van der Waals surface area contributed by atoms with Crippen molar-refractivity contribution in [3.8, 4) is 11.5 Å². The number of hydrogen-bond donors (Lipinski definition) is 0. The molecule has 4 rings (SSSR count). The summed E-state index contributed by atoms with van der Waals surface area (Å²) in [6.45, 7) is 2.40. The number of benzene rings is 3. The Morgan fingerprint density at radius 3 is 2.62 bits per heavy atom.